The van der Waals surface area contributed by atoms with Crippen molar-refractivity contribution in [2.24, 2.45) is 10.2 Å². The number of hydrogen-bond acceptors (Lipinski definition) is 7. The summed E-state index contributed by atoms with van der Waals surface area (Å²) >= 11 is 0. The number of hydrogen-bond donors (Lipinski definition) is 1. The van der Waals surface area contributed by atoms with Crippen molar-refractivity contribution in [3.05, 3.63) is 51.3 Å². The molecule has 0 aliphatic rings. The fourth-order valence-corrected chi connectivity index (χ4v) is 5.19. The maximum atomic E-state index is 13.7. The highest BCUT2D eigenvalue weighted by molar-refractivity contribution is 5.96. The zero-order valence-electron chi connectivity index (χ0n) is 28.1. The summed E-state index contributed by atoms with van der Waals surface area (Å²) in [5, 5.41) is 20.9. The molecule has 0 aliphatic carbocycles. The van der Waals surface area contributed by atoms with Gasteiger partial charge in [-0.2, -0.15) is 9.79 Å². The lowest BCUT2D eigenvalue weighted by atomic mass is 10.1. The average molecular weight is 611 g/mol. The molecule has 0 aliphatic heterocycles. The van der Waals surface area contributed by atoms with Crippen molar-refractivity contribution in [3.63, 3.8) is 0 Å². The summed E-state index contributed by atoms with van der Waals surface area (Å²) in [6, 6.07) is 6.98. The Balaban J connectivity index is 2.32. The quantitative estimate of drug-likeness (QED) is 0.132. The van der Waals surface area contributed by atoms with Crippen LogP contribution in [0, 0.1) is 6.92 Å². The van der Waals surface area contributed by atoms with Gasteiger partial charge in [0.2, 0.25) is 5.88 Å². The zero-order valence-corrected chi connectivity index (χ0v) is 28.1. The number of unbranched alkanes of at least 4 members (excludes halogenated alkanes) is 10. The number of carbonyl (C=O) groups is 2. The van der Waals surface area contributed by atoms with Gasteiger partial charge in [0.25, 0.3) is 17.4 Å². The molecule has 0 unspecified atom stereocenters. The predicted molar refractivity (Wildman–Crippen MR) is 178 cm³/mol. The number of rotatable bonds is 19. The fourth-order valence-electron chi connectivity index (χ4n) is 5.19. The summed E-state index contributed by atoms with van der Waals surface area (Å²) in [6.45, 7) is 7.45. The van der Waals surface area contributed by atoms with Crippen LogP contribution in [0.15, 0.2) is 39.3 Å². The topological polar surface area (TPSA) is 111 Å². The number of carbonyl (C=O) groups excluding carboxylic acids is 2. The first-order chi connectivity index (χ1) is 21.0. The van der Waals surface area contributed by atoms with Gasteiger partial charge in [0, 0.05) is 52.4 Å². The Morgan fingerprint density at radius 1 is 0.795 bits per heavy atom. The van der Waals surface area contributed by atoms with Gasteiger partial charge in [-0.25, -0.2) is 0 Å². The number of benzene rings is 1. The van der Waals surface area contributed by atoms with Crippen molar-refractivity contribution in [1.82, 2.24) is 14.5 Å². The van der Waals surface area contributed by atoms with Crippen molar-refractivity contribution in [1.29, 1.82) is 0 Å². The van der Waals surface area contributed by atoms with Gasteiger partial charge in [0.15, 0.2) is 5.69 Å². The van der Waals surface area contributed by atoms with Crippen molar-refractivity contribution in [2.75, 3.05) is 46.3 Å². The highest BCUT2D eigenvalue weighted by atomic mass is 16.3. The maximum Gasteiger partial charge on any atom is 0.285 e. The Labute approximate surface area is 263 Å². The van der Waals surface area contributed by atoms with Crippen LogP contribution in [0.25, 0.3) is 0 Å². The van der Waals surface area contributed by atoms with Crippen molar-refractivity contribution in [3.8, 4) is 5.88 Å². The highest BCUT2D eigenvalue weighted by Crippen LogP contribution is 2.32. The number of aromatic hydroxyl groups is 1. The van der Waals surface area contributed by atoms with Gasteiger partial charge in [0.1, 0.15) is 5.56 Å². The van der Waals surface area contributed by atoms with Crippen LogP contribution in [-0.4, -0.2) is 72.7 Å². The molecular weight excluding hydrogens is 556 g/mol. The molecule has 0 saturated heterocycles. The van der Waals surface area contributed by atoms with Gasteiger partial charge in [-0.3, -0.25) is 14.4 Å². The summed E-state index contributed by atoms with van der Waals surface area (Å²) in [4.78, 5) is 42.9. The van der Waals surface area contributed by atoms with Crippen LogP contribution in [-0.2, 0) is 0 Å². The van der Waals surface area contributed by atoms with Gasteiger partial charge in [-0.05, 0) is 38.0 Å². The third-order valence-electron chi connectivity index (χ3n) is 7.78. The molecule has 10 heteroatoms. The number of aromatic nitrogens is 1. The average Bonchev–Trinajstić information content (AvgIpc) is 2.98. The van der Waals surface area contributed by atoms with Crippen LogP contribution in [0.2, 0.25) is 0 Å². The minimum absolute atomic E-state index is 0.00741. The molecule has 44 heavy (non-hydrogen) atoms. The van der Waals surface area contributed by atoms with Crippen LogP contribution < -0.4 is 10.6 Å². The van der Waals surface area contributed by atoms with E-state index in [0.29, 0.717) is 11.3 Å². The molecule has 2 amide bonds. The van der Waals surface area contributed by atoms with Crippen LogP contribution >= 0.6 is 0 Å². The van der Waals surface area contributed by atoms with Crippen LogP contribution in [0.5, 0.6) is 5.88 Å². The van der Waals surface area contributed by atoms with Crippen LogP contribution in [0.1, 0.15) is 117 Å². The number of amides is 2. The molecule has 0 saturated carbocycles. The summed E-state index contributed by atoms with van der Waals surface area (Å²) in [5.74, 6) is -0.945. The normalized spacial score (nSPS) is 11.2. The molecule has 2 aromatic rings. The lowest BCUT2D eigenvalue weighted by molar-refractivity contribution is 0.0748. The summed E-state index contributed by atoms with van der Waals surface area (Å²) < 4.78 is 0.987. The molecule has 0 bridgehead atoms. The van der Waals surface area contributed by atoms with E-state index in [1.807, 2.05) is 4.90 Å². The molecule has 10 nitrogen and oxygen atoms in total. The SMILES string of the molecule is CCCCCCCCN(CCCCCCCC)C(=O)c1cccc(/N=N/c2c(C)c(C(=O)N(C)C)c(=O)n(N(C)C)c2O)c1. The first-order valence-corrected chi connectivity index (χ1v) is 16.2. The van der Waals surface area contributed by atoms with E-state index < -0.39 is 17.3 Å². The monoisotopic (exact) mass is 610 g/mol. The number of azo groups is 1. The Hall–Kier alpha value is -3.69. The first-order valence-electron chi connectivity index (χ1n) is 16.2. The molecule has 0 atom stereocenters. The van der Waals surface area contributed by atoms with E-state index in [1.54, 1.807) is 59.4 Å². The second kappa shape index (κ2) is 18.9. The minimum Gasteiger partial charge on any atom is -0.492 e. The van der Waals surface area contributed by atoms with Crippen LogP contribution in [0.3, 0.4) is 0 Å². The van der Waals surface area contributed by atoms with E-state index in [4.69, 9.17) is 0 Å². The van der Waals surface area contributed by atoms with E-state index in [1.165, 1.54) is 61.3 Å². The molecule has 1 N–H and O–H groups in total. The largest absolute Gasteiger partial charge is 0.492 e. The second-order valence-electron chi connectivity index (χ2n) is 11.9. The van der Waals surface area contributed by atoms with E-state index in [-0.39, 0.29) is 22.7 Å². The molecule has 1 aromatic heterocycles. The third kappa shape index (κ3) is 10.5. The molecular formula is C34H54N6O4. The Bertz CT molecular complexity index is 1290. The molecule has 0 radical (unpaired) electrons. The Morgan fingerprint density at radius 3 is 1.86 bits per heavy atom. The molecule has 244 valence electrons. The van der Waals surface area contributed by atoms with Gasteiger partial charge in [-0.1, -0.05) is 84.1 Å². The number of nitrogens with zero attached hydrogens (tertiary/aromatic N) is 6. The zero-order chi connectivity index (χ0) is 32.6. The maximum absolute atomic E-state index is 13.7. The lowest BCUT2D eigenvalue weighted by Gasteiger charge is -2.23. The molecule has 2 rings (SSSR count). The Kier molecular flexibility index (Phi) is 15.6. The lowest BCUT2D eigenvalue weighted by Crippen LogP contribution is -2.41. The van der Waals surface area contributed by atoms with Crippen LogP contribution in [0.4, 0.5) is 11.4 Å². The summed E-state index contributed by atoms with van der Waals surface area (Å²) in [5.41, 5.74) is 0.445. The molecule has 1 heterocycles. The third-order valence-corrected chi connectivity index (χ3v) is 7.78. The number of pyridine rings is 1. The highest BCUT2D eigenvalue weighted by Gasteiger charge is 2.26. The van der Waals surface area contributed by atoms with E-state index >= 15 is 0 Å². The van der Waals surface area contributed by atoms with Gasteiger partial charge >= 0.3 is 0 Å². The smallest absolute Gasteiger partial charge is 0.285 e. The van der Waals surface area contributed by atoms with Gasteiger partial charge in [-0.15, -0.1) is 5.11 Å². The molecule has 0 spiro atoms. The predicted octanol–water partition coefficient (Wildman–Crippen LogP) is 7.34. The fraction of sp³-hybridized carbons (Fsp3) is 0.618. The first kappa shape index (κ1) is 36.5. The van der Waals surface area contributed by atoms with E-state index in [0.717, 1.165) is 43.4 Å². The minimum atomic E-state index is -0.647. The Morgan fingerprint density at radius 2 is 1.34 bits per heavy atom. The molecule has 1 aromatic carbocycles. The van der Waals surface area contributed by atoms with Gasteiger partial charge < -0.3 is 19.9 Å². The summed E-state index contributed by atoms with van der Waals surface area (Å²) in [7, 11) is 6.27. The second-order valence-corrected chi connectivity index (χ2v) is 11.9. The molecule has 0 fully saturated rings. The van der Waals surface area contributed by atoms with E-state index in [9.17, 15) is 19.5 Å². The van der Waals surface area contributed by atoms with Crippen molar-refractivity contribution < 1.29 is 14.7 Å². The van der Waals surface area contributed by atoms with Gasteiger partial charge in [0.05, 0.1) is 5.69 Å². The van der Waals surface area contributed by atoms with Crippen molar-refractivity contribution >= 4 is 23.2 Å². The summed E-state index contributed by atoms with van der Waals surface area (Å²) in [6.07, 6.45) is 14.0. The van der Waals surface area contributed by atoms with Crippen molar-refractivity contribution in [2.45, 2.75) is 97.8 Å². The van der Waals surface area contributed by atoms with E-state index in [2.05, 4.69) is 24.1 Å². The standard InChI is InChI=1S/C34H54N6O4/c1-8-10-12-14-16-18-23-39(24-19-17-15-13-11-9-2)31(41)27-21-20-22-28(25-27)35-36-30-26(3)29(32(42)37(4)5)33(43)40(34(30)44)38(6)7/h20-22,25,44H,8-19,23-24H2,1-7H3/b36-35+.